The van der Waals surface area contributed by atoms with E-state index in [-0.39, 0.29) is 24.2 Å². The number of rotatable bonds is 5. The third-order valence-corrected chi connectivity index (χ3v) is 4.58. The smallest absolute Gasteiger partial charge is 0.224 e. The standard InChI is InChI=1S/C19H23FN4O/c1-13-21-11-15(19(23-13)17-7-4-8-24(17)2)12-22-18(25)10-14-5-3-6-16(20)9-14/h3,5-6,9,11,17H,4,7-8,10,12H2,1-2H3,(H,22,25)/t17-/m1/s1. The second kappa shape index (κ2) is 7.70. The summed E-state index contributed by atoms with van der Waals surface area (Å²) in [6.45, 7) is 3.32. The fourth-order valence-corrected chi connectivity index (χ4v) is 3.28. The minimum atomic E-state index is -0.330. The number of carbonyl (C=O) groups is 1. The van der Waals surface area contributed by atoms with Crippen molar-refractivity contribution in [3.05, 3.63) is 58.9 Å². The molecule has 2 aromatic rings. The molecule has 1 aliphatic rings. The third kappa shape index (κ3) is 4.39. The summed E-state index contributed by atoms with van der Waals surface area (Å²) in [5.74, 6) is 0.269. The van der Waals surface area contributed by atoms with Crippen LogP contribution >= 0.6 is 0 Å². The van der Waals surface area contributed by atoms with Gasteiger partial charge in [0.15, 0.2) is 0 Å². The molecular weight excluding hydrogens is 319 g/mol. The summed E-state index contributed by atoms with van der Waals surface area (Å²) < 4.78 is 13.2. The van der Waals surface area contributed by atoms with Gasteiger partial charge in [0, 0.05) is 18.3 Å². The Hall–Kier alpha value is -2.34. The van der Waals surface area contributed by atoms with Crippen LogP contribution < -0.4 is 5.32 Å². The van der Waals surface area contributed by atoms with Gasteiger partial charge in [0.1, 0.15) is 11.6 Å². The Balaban J connectivity index is 1.67. The lowest BCUT2D eigenvalue weighted by Gasteiger charge is -2.21. The summed E-state index contributed by atoms with van der Waals surface area (Å²) in [7, 11) is 2.10. The second-order valence-corrected chi connectivity index (χ2v) is 6.55. The van der Waals surface area contributed by atoms with Gasteiger partial charge in [-0.15, -0.1) is 0 Å². The van der Waals surface area contributed by atoms with Gasteiger partial charge in [-0.05, 0) is 51.1 Å². The van der Waals surface area contributed by atoms with Gasteiger partial charge in [0.05, 0.1) is 18.2 Å². The summed E-state index contributed by atoms with van der Waals surface area (Å²) in [4.78, 5) is 23.4. The zero-order valence-electron chi connectivity index (χ0n) is 14.6. The Morgan fingerprint density at radius 2 is 2.28 bits per heavy atom. The molecule has 2 heterocycles. The predicted octanol–water partition coefficient (Wildman–Crippen LogP) is 2.55. The van der Waals surface area contributed by atoms with Crippen molar-refractivity contribution in [3.8, 4) is 0 Å². The lowest BCUT2D eigenvalue weighted by Crippen LogP contribution is -2.27. The van der Waals surface area contributed by atoms with Crippen molar-refractivity contribution in [3.63, 3.8) is 0 Å². The molecule has 0 spiro atoms. The van der Waals surface area contributed by atoms with Gasteiger partial charge < -0.3 is 5.32 Å². The number of nitrogens with zero attached hydrogens (tertiary/aromatic N) is 3. The third-order valence-electron chi connectivity index (χ3n) is 4.58. The molecule has 1 amide bonds. The minimum absolute atomic E-state index is 0.142. The number of aromatic nitrogens is 2. The number of nitrogens with one attached hydrogen (secondary N) is 1. The van der Waals surface area contributed by atoms with Crippen LogP contribution in [0.2, 0.25) is 0 Å². The number of amides is 1. The van der Waals surface area contributed by atoms with E-state index in [0.717, 1.165) is 36.5 Å². The average Bonchev–Trinajstić information content (AvgIpc) is 2.99. The van der Waals surface area contributed by atoms with E-state index in [1.54, 1.807) is 18.3 Å². The van der Waals surface area contributed by atoms with E-state index in [1.165, 1.54) is 12.1 Å². The maximum atomic E-state index is 13.2. The number of benzene rings is 1. The SMILES string of the molecule is Cc1ncc(CNC(=O)Cc2cccc(F)c2)c([C@H]2CCCN2C)n1. The number of halogens is 1. The van der Waals surface area contributed by atoms with Crippen LogP contribution in [0.1, 0.15) is 41.5 Å². The van der Waals surface area contributed by atoms with Crippen molar-refractivity contribution in [2.45, 2.75) is 38.8 Å². The highest BCUT2D eigenvalue weighted by Gasteiger charge is 2.26. The van der Waals surface area contributed by atoms with Crippen molar-refractivity contribution >= 4 is 5.91 Å². The van der Waals surface area contributed by atoms with Gasteiger partial charge in [-0.25, -0.2) is 14.4 Å². The Bertz CT molecular complexity index is 765. The highest BCUT2D eigenvalue weighted by atomic mass is 19.1. The molecule has 3 rings (SSSR count). The van der Waals surface area contributed by atoms with Gasteiger partial charge in [0.2, 0.25) is 5.91 Å². The van der Waals surface area contributed by atoms with E-state index in [0.29, 0.717) is 12.1 Å². The topological polar surface area (TPSA) is 58.1 Å². The van der Waals surface area contributed by atoms with Gasteiger partial charge in [-0.2, -0.15) is 0 Å². The van der Waals surface area contributed by atoms with Gasteiger partial charge in [-0.1, -0.05) is 12.1 Å². The van der Waals surface area contributed by atoms with Crippen molar-refractivity contribution in [2.75, 3.05) is 13.6 Å². The average molecular weight is 342 g/mol. The molecule has 5 nitrogen and oxygen atoms in total. The van der Waals surface area contributed by atoms with E-state index < -0.39 is 0 Å². The largest absolute Gasteiger partial charge is 0.352 e. The van der Waals surface area contributed by atoms with Crippen LogP contribution in [0, 0.1) is 12.7 Å². The van der Waals surface area contributed by atoms with Crippen LogP contribution in [0.5, 0.6) is 0 Å². The fourth-order valence-electron chi connectivity index (χ4n) is 3.28. The summed E-state index contributed by atoms with van der Waals surface area (Å²) in [6, 6.07) is 6.39. The first-order valence-electron chi connectivity index (χ1n) is 8.56. The Labute approximate surface area is 147 Å². The maximum Gasteiger partial charge on any atom is 0.224 e. The zero-order valence-corrected chi connectivity index (χ0v) is 14.6. The molecule has 1 fully saturated rings. The molecule has 25 heavy (non-hydrogen) atoms. The van der Waals surface area contributed by atoms with E-state index in [4.69, 9.17) is 0 Å². The number of carbonyl (C=O) groups excluding carboxylic acids is 1. The molecule has 0 unspecified atom stereocenters. The van der Waals surface area contributed by atoms with Crippen molar-refractivity contribution in [1.82, 2.24) is 20.2 Å². The number of likely N-dealkylation sites (tertiary alicyclic amines) is 1. The van der Waals surface area contributed by atoms with Gasteiger partial charge in [0.25, 0.3) is 0 Å². The summed E-state index contributed by atoms with van der Waals surface area (Å²) in [5, 5.41) is 2.91. The monoisotopic (exact) mass is 342 g/mol. The highest BCUT2D eigenvalue weighted by Crippen LogP contribution is 2.30. The van der Waals surface area contributed by atoms with Crippen molar-refractivity contribution in [2.24, 2.45) is 0 Å². The lowest BCUT2D eigenvalue weighted by atomic mass is 10.1. The molecule has 1 N–H and O–H groups in total. The van der Waals surface area contributed by atoms with E-state index in [2.05, 4.69) is 27.2 Å². The molecule has 1 aromatic carbocycles. The van der Waals surface area contributed by atoms with Gasteiger partial charge in [-0.3, -0.25) is 9.69 Å². The molecule has 6 heteroatoms. The van der Waals surface area contributed by atoms with Crippen LogP contribution in [0.3, 0.4) is 0 Å². The van der Waals surface area contributed by atoms with E-state index in [9.17, 15) is 9.18 Å². The van der Waals surface area contributed by atoms with E-state index in [1.807, 2.05) is 6.92 Å². The zero-order chi connectivity index (χ0) is 17.8. The van der Waals surface area contributed by atoms with E-state index >= 15 is 0 Å². The highest BCUT2D eigenvalue weighted by molar-refractivity contribution is 5.78. The first-order chi connectivity index (χ1) is 12.0. The first kappa shape index (κ1) is 17.5. The molecule has 132 valence electrons. The first-order valence-corrected chi connectivity index (χ1v) is 8.56. The molecular formula is C19H23FN4O. The molecule has 0 radical (unpaired) electrons. The second-order valence-electron chi connectivity index (χ2n) is 6.55. The molecule has 0 saturated carbocycles. The molecule has 0 bridgehead atoms. The predicted molar refractivity (Wildman–Crippen MR) is 93.3 cm³/mol. The normalized spacial score (nSPS) is 17.6. The van der Waals surface area contributed by atoms with Crippen molar-refractivity contribution in [1.29, 1.82) is 0 Å². The van der Waals surface area contributed by atoms with Crippen LogP contribution in [0.15, 0.2) is 30.5 Å². The number of aryl methyl sites for hydroxylation is 1. The maximum absolute atomic E-state index is 13.2. The number of hydrogen-bond donors (Lipinski definition) is 1. The number of hydrogen-bond acceptors (Lipinski definition) is 4. The van der Waals surface area contributed by atoms with Crippen LogP contribution in [-0.2, 0) is 17.8 Å². The molecule has 0 aliphatic carbocycles. The molecule has 1 aliphatic heterocycles. The minimum Gasteiger partial charge on any atom is -0.352 e. The Morgan fingerprint density at radius 3 is 3.00 bits per heavy atom. The van der Waals surface area contributed by atoms with Crippen LogP contribution in [-0.4, -0.2) is 34.4 Å². The van der Waals surface area contributed by atoms with Crippen LogP contribution in [0.4, 0.5) is 4.39 Å². The molecule has 1 aromatic heterocycles. The lowest BCUT2D eigenvalue weighted by molar-refractivity contribution is -0.120. The summed E-state index contributed by atoms with van der Waals surface area (Å²) in [6.07, 6.45) is 4.17. The Kier molecular flexibility index (Phi) is 5.38. The molecule has 1 atom stereocenters. The van der Waals surface area contributed by atoms with Crippen LogP contribution in [0.25, 0.3) is 0 Å². The van der Waals surface area contributed by atoms with Crippen molar-refractivity contribution < 1.29 is 9.18 Å². The summed E-state index contributed by atoms with van der Waals surface area (Å²) >= 11 is 0. The Morgan fingerprint density at radius 1 is 1.44 bits per heavy atom. The quantitative estimate of drug-likeness (QED) is 0.907. The van der Waals surface area contributed by atoms with Gasteiger partial charge >= 0.3 is 0 Å². The molecule has 1 saturated heterocycles. The summed E-state index contributed by atoms with van der Waals surface area (Å²) in [5.41, 5.74) is 2.60. The fraction of sp³-hybridized carbons (Fsp3) is 0.421.